The fourth-order valence-electron chi connectivity index (χ4n) is 0.825. The molecule has 0 heterocycles. The van der Waals surface area contributed by atoms with Crippen LogP contribution in [0.25, 0.3) is 0 Å². The Bertz CT molecular complexity index is 593. The van der Waals surface area contributed by atoms with Crippen molar-refractivity contribution in [3.8, 4) is 11.5 Å². The number of benzene rings is 1. The van der Waals surface area contributed by atoms with Gasteiger partial charge in [-0.05, 0) is 12.1 Å². The van der Waals surface area contributed by atoms with Crippen molar-refractivity contribution in [3.05, 3.63) is 24.3 Å². The molecule has 7 N–H and O–H groups in total. The van der Waals surface area contributed by atoms with E-state index in [1.165, 1.54) is 18.2 Å². The molecular formula is C6H11O12P3. The summed E-state index contributed by atoms with van der Waals surface area (Å²) in [5, 5.41) is 9.00. The maximum absolute atomic E-state index is 11.0. The second-order valence-electron chi connectivity index (χ2n) is 3.14. The zero-order valence-electron chi connectivity index (χ0n) is 9.82. The topological polar surface area (TPSA) is 211 Å². The molecule has 0 saturated carbocycles. The second kappa shape index (κ2) is 7.48. The van der Waals surface area contributed by atoms with Gasteiger partial charge in [0, 0.05) is 6.07 Å². The van der Waals surface area contributed by atoms with Crippen molar-refractivity contribution in [2.45, 2.75) is 0 Å². The van der Waals surface area contributed by atoms with E-state index in [4.69, 9.17) is 39.0 Å². The minimum atomic E-state index is -5.14. The Balaban J connectivity index is 0.000000690. The van der Waals surface area contributed by atoms with E-state index in [1.807, 2.05) is 0 Å². The highest BCUT2D eigenvalue weighted by Crippen LogP contribution is 2.57. The summed E-state index contributed by atoms with van der Waals surface area (Å²) in [5.74, 6) is -0.507. The first-order valence-electron chi connectivity index (χ1n) is 4.54. The molecule has 122 valence electrons. The Morgan fingerprint density at radius 2 is 1.38 bits per heavy atom. The normalized spacial score (nSPS) is 14.6. The minimum absolute atomic E-state index is 0.242. The Labute approximate surface area is 117 Å². The lowest BCUT2D eigenvalue weighted by Crippen LogP contribution is -1.95. The first kappa shape index (κ1) is 20.2. The number of hydrogen-bond donors (Lipinski definition) is 7. The van der Waals surface area contributed by atoms with Crippen LogP contribution in [-0.2, 0) is 18.0 Å². The van der Waals surface area contributed by atoms with Gasteiger partial charge in [-0.15, -0.1) is 0 Å². The van der Waals surface area contributed by atoms with Crippen LogP contribution in [0.2, 0.25) is 0 Å². The lowest BCUT2D eigenvalue weighted by Gasteiger charge is -2.12. The summed E-state index contributed by atoms with van der Waals surface area (Å²) in [6, 6.07) is 4.76. The molecule has 1 rings (SSSR count). The van der Waals surface area contributed by atoms with Crippen LogP contribution >= 0.6 is 23.5 Å². The highest BCUT2D eigenvalue weighted by molar-refractivity contribution is 7.60. The number of phosphoric ester groups is 1. The predicted molar refractivity (Wildman–Crippen MR) is 66.0 cm³/mol. The lowest BCUT2D eigenvalue weighted by atomic mass is 10.3. The van der Waals surface area contributed by atoms with Crippen molar-refractivity contribution in [1.82, 2.24) is 0 Å². The molecule has 0 aromatic heterocycles. The number of rotatable bonds is 4. The molecular weight excluding hydrogens is 357 g/mol. The maximum Gasteiger partial charge on any atom is 0.536 e. The summed E-state index contributed by atoms with van der Waals surface area (Å²) in [6.07, 6.45) is 0. The van der Waals surface area contributed by atoms with Crippen LogP contribution in [0, 0.1) is 0 Å². The van der Waals surface area contributed by atoms with E-state index in [-0.39, 0.29) is 11.5 Å². The van der Waals surface area contributed by atoms with E-state index < -0.39 is 23.5 Å². The summed E-state index contributed by atoms with van der Waals surface area (Å²) in [6.45, 7) is 0. The van der Waals surface area contributed by atoms with Gasteiger partial charge in [0.05, 0.1) is 0 Å². The van der Waals surface area contributed by atoms with Gasteiger partial charge in [-0.2, -0.15) is 4.31 Å². The summed E-state index contributed by atoms with van der Waals surface area (Å²) in [5.41, 5.74) is 0. The third-order valence-corrected chi connectivity index (χ3v) is 3.37. The number of phenols is 1. The average Bonchev–Trinajstić information content (AvgIpc) is 2.08. The van der Waals surface area contributed by atoms with E-state index in [2.05, 4.69) is 8.83 Å². The first-order valence-corrected chi connectivity index (χ1v) is 9.14. The van der Waals surface area contributed by atoms with E-state index in [9.17, 15) is 9.13 Å². The smallest absolute Gasteiger partial charge is 0.508 e. The SMILES string of the molecule is O=P(O)(O)O.O=P(O)(O)OP(=O)(O)Oc1cccc(O)c1. The van der Waals surface area contributed by atoms with Gasteiger partial charge in [-0.3, -0.25) is 4.89 Å². The van der Waals surface area contributed by atoms with Crippen molar-refractivity contribution < 1.29 is 57.0 Å². The van der Waals surface area contributed by atoms with Crippen LogP contribution in [0.1, 0.15) is 0 Å². The minimum Gasteiger partial charge on any atom is -0.508 e. The van der Waals surface area contributed by atoms with Crippen molar-refractivity contribution in [2.75, 3.05) is 0 Å². The highest BCUT2D eigenvalue weighted by Gasteiger charge is 2.33. The zero-order valence-corrected chi connectivity index (χ0v) is 12.5. The van der Waals surface area contributed by atoms with Crippen LogP contribution in [0.3, 0.4) is 0 Å². The second-order valence-corrected chi connectivity index (χ2v) is 6.92. The van der Waals surface area contributed by atoms with Gasteiger partial charge in [0.25, 0.3) is 0 Å². The van der Waals surface area contributed by atoms with Crippen LogP contribution in [0.15, 0.2) is 24.3 Å². The van der Waals surface area contributed by atoms with E-state index >= 15 is 0 Å². The van der Waals surface area contributed by atoms with Crippen LogP contribution in [0.5, 0.6) is 11.5 Å². The molecule has 15 heteroatoms. The lowest BCUT2D eigenvalue weighted by molar-refractivity contribution is 0.229. The van der Waals surface area contributed by atoms with Gasteiger partial charge in [0.2, 0.25) is 0 Å². The molecule has 0 aliphatic rings. The van der Waals surface area contributed by atoms with Crippen LogP contribution in [0.4, 0.5) is 0 Å². The number of hydrogen-bond acceptors (Lipinski definition) is 6. The number of phenolic OH excluding ortho intramolecular Hbond substituents is 1. The van der Waals surface area contributed by atoms with Crippen molar-refractivity contribution in [3.63, 3.8) is 0 Å². The van der Waals surface area contributed by atoms with Crippen LogP contribution in [-0.4, -0.2) is 34.5 Å². The van der Waals surface area contributed by atoms with Crippen LogP contribution < -0.4 is 4.52 Å². The first-order chi connectivity index (χ1) is 9.18. The molecule has 12 nitrogen and oxygen atoms in total. The zero-order chi connectivity index (χ0) is 16.9. The third-order valence-electron chi connectivity index (χ3n) is 1.25. The predicted octanol–water partition coefficient (Wildman–Crippen LogP) is 0.0521. The molecule has 1 unspecified atom stereocenters. The molecule has 0 radical (unpaired) electrons. The maximum atomic E-state index is 11.0. The molecule has 0 aliphatic heterocycles. The molecule has 0 saturated heterocycles. The Morgan fingerprint density at radius 3 is 1.76 bits per heavy atom. The molecule has 1 atom stereocenters. The Hall–Kier alpha value is -0.770. The summed E-state index contributed by atoms with van der Waals surface area (Å²) >= 11 is 0. The van der Waals surface area contributed by atoms with E-state index in [1.54, 1.807) is 0 Å². The van der Waals surface area contributed by atoms with Gasteiger partial charge in [0.15, 0.2) is 0 Å². The molecule has 0 amide bonds. The summed E-state index contributed by atoms with van der Waals surface area (Å²) in [7, 11) is -14.7. The fourth-order valence-corrected chi connectivity index (χ4v) is 2.41. The Morgan fingerprint density at radius 1 is 0.905 bits per heavy atom. The summed E-state index contributed by atoms with van der Waals surface area (Å²) in [4.78, 5) is 47.1. The standard InChI is InChI=1S/C6H8O8P2.H3O4P/c7-5-2-1-3-6(4-5)13-16(11,12)14-15(8,9)10;1-5(2,3)4/h1-4,7H,(H,11,12)(H2,8,9,10);(H3,1,2,3,4). The van der Waals surface area contributed by atoms with E-state index in [0.717, 1.165) is 6.07 Å². The molecule has 21 heavy (non-hydrogen) atoms. The fraction of sp³-hybridized carbons (Fsp3) is 0. The number of phosphoric acid groups is 3. The van der Waals surface area contributed by atoms with Crippen molar-refractivity contribution in [1.29, 1.82) is 0 Å². The average molecular weight is 368 g/mol. The van der Waals surface area contributed by atoms with Gasteiger partial charge < -0.3 is 34.1 Å². The molecule has 1 aromatic carbocycles. The van der Waals surface area contributed by atoms with Crippen molar-refractivity contribution >= 4 is 23.5 Å². The molecule has 0 aliphatic carbocycles. The molecule has 1 aromatic rings. The molecule has 0 spiro atoms. The van der Waals surface area contributed by atoms with Gasteiger partial charge in [-0.25, -0.2) is 13.7 Å². The Kier molecular flexibility index (Phi) is 7.21. The number of aromatic hydroxyl groups is 1. The van der Waals surface area contributed by atoms with Crippen molar-refractivity contribution in [2.24, 2.45) is 0 Å². The quantitative estimate of drug-likeness (QED) is 0.351. The summed E-state index contributed by atoms with van der Waals surface area (Å²) < 4.78 is 38.1. The van der Waals surface area contributed by atoms with Gasteiger partial charge in [0.1, 0.15) is 11.5 Å². The molecule has 0 fully saturated rings. The monoisotopic (exact) mass is 368 g/mol. The largest absolute Gasteiger partial charge is 0.536 e. The van der Waals surface area contributed by atoms with E-state index in [0.29, 0.717) is 0 Å². The highest BCUT2D eigenvalue weighted by atomic mass is 31.3. The third kappa shape index (κ3) is 13.9. The molecule has 0 bridgehead atoms. The van der Waals surface area contributed by atoms with Gasteiger partial charge >= 0.3 is 23.5 Å². The van der Waals surface area contributed by atoms with Gasteiger partial charge in [-0.1, -0.05) is 6.07 Å².